The van der Waals surface area contributed by atoms with Crippen LogP contribution in [0.15, 0.2) is 18.2 Å². The zero-order chi connectivity index (χ0) is 15.5. The van der Waals surface area contributed by atoms with E-state index >= 15 is 0 Å². The standard InChI is InChI=1S/C14H19F4NO/c1-8(2)3-6-12(20)13(19)9-4-5-11(15)10(7-9)14(16,17)18/h4-5,7-8,12-13,20H,3,6,19H2,1-2H3/t12-,13+/m0/s1. The topological polar surface area (TPSA) is 46.2 Å². The summed E-state index contributed by atoms with van der Waals surface area (Å²) in [4.78, 5) is 0. The first-order valence-electron chi connectivity index (χ1n) is 6.43. The molecule has 6 heteroatoms. The Hall–Kier alpha value is -1.14. The van der Waals surface area contributed by atoms with Crippen LogP contribution in [0.1, 0.15) is 43.9 Å². The van der Waals surface area contributed by atoms with Gasteiger partial charge in [-0.1, -0.05) is 19.9 Å². The SMILES string of the molecule is CC(C)CC[C@H](O)[C@H](N)c1ccc(F)c(C(F)(F)F)c1. The van der Waals surface area contributed by atoms with Crippen LogP contribution < -0.4 is 5.73 Å². The highest BCUT2D eigenvalue weighted by molar-refractivity contribution is 5.29. The van der Waals surface area contributed by atoms with E-state index in [1.165, 1.54) is 6.07 Å². The van der Waals surface area contributed by atoms with Gasteiger partial charge < -0.3 is 10.8 Å². The Morgan fingerprint density at radius 1 is 1.20 bits per heavy atom. The predicted octanol–water partition coefficient (Wildman–Crippen LogP) is 3.64. The molecule has 1 aromatic carbocycles. The Morgan fingerprint density at radius 2 is 1.80 bits per heavy atom. The molecule has 0 saturated carbocycles. The van der Waals surface area contributed by atoms with E-state index in [9.17, 15) is 22.7 Å². The number of halogens is 4. The van der Waals surface area contributed by atoms with Gasteiger partial charge in [0.25, 0.3) is 0 Å². The summed E-state index contributed by atoms with van der Waals surface area (Å²) in [6.45, 7) is 3.94. The Morgan fingerprint density at radius 3 is 2.30 bits per heavy atom. The lowest BCUT2D eigenvalue weighted by Crippen LogP contribution is -2.27. The van der Waals surface area contributed by atoms with Crippen molar-refractivity contribution in [2.24, 2.45) is 11.7 Å². The fourth-order valence-electron chi connectivity index (χ4n) is 1.87. The summed E-state index contributed by atoms with van der Waals surface area (Å²) in [5, 5.41) is 9.88. The lowest BCUT2D eigenvalue weighted by Gasteiger charge is -2.21. The second-order valence-corrected chi connectivity index (χ2v) is 5.30. The molecule has 0 aliphatic carbocycles. The molecular weight excluding hydrogens is 274 g/mol. The molecule has 0 fully saturated rings. The molecule has 0 radical (unpaired) electrons. The van der Waals surface area contributed by atoms with Crippen LogP contribution in [0.2, 0.25) is 0 Å². The van der Waals surface area contributed by atoms with E-state index < -0.39 is 29.7 Å². The van der Waals surface area contributed by atoms with Crippen LogP contribution in [-0.2, 0) is 6.18 Å². The van der Waals surface area contributed by atoms with Crippen molar-refractivity contribution in [2.45, 2.75) is 45.0 Å². The van der Waals surface area contributed by atoms with Crippen molar-refractivity contribution in [3.05, 3.63) is 35.1 Å². The molecular formula is C14H19F4NO. The number of alkyl halides is 3. The van der Waals surface area contributed by atoms with Crippen molar-refractivity contribution in [2.75, 3.05) is 0 Å². The van der Waals surface area contributed by atoms with Crippen molar-refractivity contribution in [3.8, 4) is 0 Å². The molecule has 0 heterocycles. The van der Waals surface area contributed by atoms with Gasteiger partial charge in [-0.05, 0) is 36.5 Å². The molecule has 0 amide bonds. The average Bonchev–Trinajstić information content (AvgIpc) is 2.34. The van der Waals surface area contributed by atoms with E-state index in [0.717, 1.165) is 6.07 Å². The first kappa shape index (κ1) is 16.9. The molecule has 114 valence electrons. The van der Waals surface area contributed by atoms with Gasteiger partial charge in [0.05, 0.1) is 17.7 Å². The first-order chi connectivity index (χ1) is 9.12. The maximum atomic E-state index is 13.2. The highest BCUT2D eigenvalue weighted by Crippen LogP contribution is 2.33. The number of hydrogen-bond donors (Lipinski definition) is 2. The minimum Gasteiger partial charge on any atom is -0.391 e. The Balaban J connectivity index is 2.91. The summed E-state index contributed by atoms with van der Waals surface area (Å²) in [5.74, 6) is -0.985. The number of rotatable bonds is 5. The average molecular weight is 293 g/mol. The van der Waals surface area contributed by atoms with Crippen molar-refractivity contribution in [1.82, 2.24) is 0 Å². The Labute approximate surface area is 115 Å². The third kappa shape index (κ3) is 4.45. The summed E-state index contributed by atoms with van der Waals surface area (Å²) in [7, 11) is 0. The minimum atomic E-state index is -4.78. The second-order valence-electron chi connectivity index (χ2n) is 5.30. The van der Waals surface area contributed by atoms with Crippen LogP contribution in [-0.4, -0.2) is 11.2 Å². The van der Waals surface area contributed by atoms with Crippen LogP contribution in [0.25, 0.3) is 0 Å². The van der Waals surface area contributed by atoms with E-state index in [4.69, 9.17) is 5.73 Å². The number of hydrogen-bond acceptors (Lipinski definition) is 2. The molecule has 0 bridgehead atoms. The lowest BCUT2D eigenvalue weighted by atomic mass is 9.95. The molecule has 0 aliphatic rings. The molecule has 0 saturated heterocycles. The van der Waals surface area contributed by atoms with Crippen molar-refractivity contribution in [1.29, 1.82) is 0 Å². The third-order valence-corrected chi connectivity index (χ3v) is 3.14. The Kier molecular flexibility index (Phi) is 5.53. The molecule has 0 spiro atoms. The first-order valence-corrected chi connectivity index (χ1v) is 6.43. The van der Waals surface area contributed by atoms with Crippen molar-refractivity contribution in [3.63, 3.8) is 0 Å². The van der Waals surface area contributed by atoms with Crippen LogP contribution in [0, 0.1) is 11.7 Å². The molecule has 2 nitrogen and oxygen atoms in total. The third-order valence-electron chi connectivity index (χ3n) is 3.14. The fourth-order valence-corrected chi connectivity index (χ4v) is 1.87. The van der Waals surface area contributed by atoms with Gasteiger partial charge in [0, 0.05) is 0 Å². The molecule has 0 aromatic heterocycles. The van der Waals surface area contributed by atoms with Gasteiger partial charge in [-0.2, -0.15) is 13.2 Å². The Bertz CT molecular complexity index is 445. The van der Waals surface area contributed by atoms with Crippen molar-refractivity contribution < 1.29 is 22.7 Å². The lowest BCUT2D eigenvalue weighted by molar-refractivity contribution is -0.140. The molecule has 2 atom stereocenters. The van der Waals surface area contributed by atoms with Crippen LogP contribution >= 0.6 is 0 Å². The van der Waals surface area contributed by atoms with E-state index in [0.29, 0.717) is 24.8 Å². The van der Waals surface area contributed by atoms with Gasteiger partial charge in [0.15, 0.2) is 0 Å². The largest absolute Gasteiger partial charge is 0.419 e. The highest BCUT2D eigenvalue weighted by Gasteiger charge is 2.34. The number of nitrogens with two attached hydrogens (primary N) is 1. The van der Waals surface area contributed by atoms with Crippen LogP contribution in [0.4, 0.5) is 17.6 Å². The van der Waals surface area contributed by atoms with Gasteiger partial charge in [-0.15, -0.1) is 0 Å². The minimum absolute atomic E-state index is 0.0787. The molecule has 1 rings (SSSR count). The van der Waals surface area contributed by atoms with Gasteiger partial charge in [-0.3, -0.25) is 0 Å². The van der Waals surface area contributed by atoms with Gasteiger partial charge in [0.2, 0.25) is 0 Å². The van der Waals surface area contributed by atoms with E-state index in [1.54, 1.807) is 0 Å². The van der Waals surface area contributed by atoms with Crippen LogP contribution in [0.5, 0.6) is 0 Å². The number of benzene rings is 1. The molecule has 1 aromatic rings. The quantitative estimate of drug-likeness (QED) is 0.814. The summed E-state index contributed by atoms with van der Waals surface area (Å²) in [6.07, 6.45) is -4.63. The summed E-state index contributed by atoms with van der Waals surface area (Å²) in [6, 6.07) is 1.61. The highest BCUT2D eigenvalue weighted by atomic mass is 19.4. The smallest absolute Gasteiger partial charge is 0.391 e. The maximum absolute atomic E-state index is 13.2. The predicted molar refractivity (Wildman–Crippen MR) is 68.4 cm³/mol. The molecule has 3 N–H and O–H groups in total. The zero-order valence-electron chi connectivity index (χ0n) is 11.4. The summed E-state index contributed by atoms with van der Waals surface area (Å²) >= 11 is 0. The van der Waals surface area contributed by atoms with Crippen molar-refractivity contribution >= 4 is 0 Å². The summed E-state index contributed by atoms with van der Waals surface area (Å²) in [5.41, 5.74) is 4.47. The van der Waals surface area contributed by atoms with Gasteiger partial charge in [0.1, 0.15) is 5.82 Å². The molecule has 0 unspecified atom stereocenters. The molecule has 20 heavy (non-hydrogen) atoms. The number of aliphatic hydroxyl groups is 1. The van der Waals surface area contributed by atoms with Gasteiger partial charge in [-0.25, -0.2) is 4.39 Å². The zero-order valence-corrected chi connectivity index (χ0v) is 11.4. The molecule has 0 aliphatic heterocycles. The van der Waals surface area contributed by atoms with Crippen LogP contribution in [0.3, 0.4) is 0 Å². The fraction of sp³-hybridized carbons (Fsp3) is 0.571. The van der Waals surface area contributed by atoms with E-state index in [1.807, 2.05) is 13.8 Å². The second kappa shape index (κ2) is 6.54. The van der Waals surface area contributed by atoms with Gasteiger partial charge >= 0.3 is 6.18 Å². The van der Waals surface area contributed by atoms with E-state index in [-0.39, 0.29) is 5.56 Å². The normalized spacial score (nSPS) is 15.4. The maximum Gasteiger partial charge on any atom is 0.419 e. The monoisotopic (exact) mass is 293 g/mol. The van der Waals surface area contributed by atoms with E-state index in [2.05, 4.69) is 0 Å². The number of aliphatic hydroxyl groups excluding tert-OH is 1. The summed E-state index contributed by atoms with van der Waals surface area (Å²) < 4.78 is 51.0.